The lowest BCUT2D eigenvalue weighted by atomic mass is 9.97. The van der Waals surface area contributed by atoms with Crippen molar-refractivity contribution in [3.63, 3.8) is 0 Å². The number of ether oxygens (including phenoxy) is 2. The van der Waals surface area contributed by atoms with Crippen molar-refractivity contribution >= 4 is 21.8 Å². The summed E-state index contributed by atoms with van der Waals surface area (Å²) < 4.78 is 42.6. The van der Waals surface area contributed by atoms with Crippen molar-refractivity contribution in [1.29, 1.82) is 0 Å². The first kappa shape index (κ1) is 19.3. The van der Waals surface area contributed by atoms with Gasteiger partial charge in [0.05, 0.1) is 6.04 Å². The molecule has 10 heteroatoms. The van der Waals surface area contributed by atoms with Crippen LogP contribution in [0.15, 0.2) is 36.4 Å². The number of carbonyl (C=O) groups is 1. The Morgan fingerprint density at radius 1 is 1.17 bits per heavy atom. The van der Waals surface area contributed by atoms with E-state index in [0.717, 1.165) is 10.5 Å². The summed E-state index contributed by atoms with van der Waals surface area (Å²) in [6.07, 6.45) is 0.336. The number of hydrogen-bond donors (Lipinski definition) is 2. The fourth-order valence-corrected chi connectivity index (χ4v) is 4.32. The summed E-state index contributed by atoms with van der Waals surface area (Å²) in [5, 5.41) is 10.6. The van der Waals surface area contributed by atoms with Gasteiger partial charge in [0.1, 0.15) is 11.6 Å². The van der Waals surface area contributed by atoms with Gasteiger partial charge in [0.15, 0.2) is 11.5 Å². The first-order chi connectivity index (χ1) is 13.7. The van der Waals surface area contributed by atoms with Crippen LogP contribution < -0.4 is 14.4 Å². The Kier molecular flexibility index (Phi) is 4.75. The van der Waals surface area contributed by atoms with Gasteiger partial charge < -0.3 is 19.5 Å². The van der Waals surface area contributed by atoms with E-state index < -0.39 is 28.1 Å². The molecule has 2 aliphatic rings. The number of nitrogens with zero attached hydrogens (tertiary/aromatic N) is 2. The Morgan fingerprint density at radius 2 is 1.90 bits per heavy atom. The summed E-state index contributed by atoms with van der Waals surface area (Å²) in [4.78, 5) is 15.7. The molecule has 9 nitrogen and oxygen atoms in total. The number of carbonyl (C=O) groups excluding carboxylic acids is 1. The van der Waals surface area contributed by atoms with E-state index in [2.05, 4.69) is 0 Å². The van der Waals surface area contributed by atoms with Crippen molar-refractivity contribution in [2.45, 2.75) is 19.4 Å². The second kappa shape index (κ2) is 7.12. The van der Waals surface area contributed by atoms with Gasteiger partial charge in [-0.3, -0.25) is 9.45 Å². The van der Waals surface area contributed by atoms with Crippen LogP contribution in [0.2, 0.25) is 0 Å². The van der Waals surface area contributed by atoms with Crippen LogP contribution in [0.3, 0.4) is 0 Å². The molecule has 2 N–H and O–H groups in total. The number of rotatable bonds is 4. The molecule has 0 saturated carbocycles. The quantitative estimate of drug-likeness (QED) is 0.730. The van der Waals surface area contributed by atoms with E-state index in [4.69, 9.17) is 9.47 Å². The van der Waals surface area contributed by atoms with Gasteiger partial charge in [0.25, 0.3) is 10.1 Å². The number of anilines is 1. The molecule has 2 amide bonds. The molecule has 0 aromatic heterocycles. The number of amides is 2. The normalized spacial score (nSPS) is 19.0. The zero-order valence-electron chi connectivity index (χ0n) is 15.6. The average Bonchev–Trinajstić information content (AvgIpc) is 3.08. The number of aryl methyl sites for hydroxylation is 1. The molecule has 154 valence electrons. The van der Waals surface area contributed by atoms with Crippen molar-refractivity contribution < 1.29 is 32.3 Å². The van der Waals surface area contributed by atoms with Gasteiger partial charge in [0, 0.05) is 23.9 Å². The van der Waals surface area contributed by atoms with Crippen LogP contribution in [0.5, 0.6) is 17.2 Å². The van der Waals surface area contributed by atoms with Crippen molar-refractivity contribution in [2.75, 3.05) is 24.1 Å². The average molecular weight is 420 g/mol. The van der Waals surface area contributed by atoms with E-state index in [1.807, 2.05) is 13.0 Å². The molecule has 0 bridgehead atoms. The fraction of sp³-hybridized carbons (Fsp3) is 0.316. The summed E-state index contributed by atoms with van der Waals surface area (Å²) in [6, 6.07) is 9.14. The van der Waals surface area contributed by atoms with E-state index in [9.17, 15) is 22.9 Å². The summed E-state index contributed by atoms with van der Waals surface area (Å²) in [7, 11) is -4.38. The van der Waals surface area contributed by atoms with Crippen LogP contribution in [0.25, 0.3) is 0 Å². The number of phenols is 1. The lowest BCUT2D eigenvalue weighted by Gasteiger charge is -2.41. The van der Waals surface area contributed by atoms with E-state index in [1.54, 1.807) is 24.3 Å². The maximum absolute atomic E-state index is 13.2. The van der Waals surface area contributed by atoms with Crippen LogP contribution in [-0.2, 0) is 10.1 Å². The molecule has 0 aliphatic carbocycles. The minimum Gasteiger partial charge on any atom is -0.507 e. The maximum atomic E-state index is 13.2. The van der Waals surface area contributed by atoms with Crippen molar-refractivity contribution in [3.8, 4) is 17.2 Å². The highest BCUT2D eigenvalue weighted by atomic mass is 32.2. The number of fused-ring (bicyclic) bond motifs is 1. The molecule has 1 atom stereocenters. The van der Waals surface area contributed by atoms with Gasteiger partial charge in [-0.05, 0) is 37.1 Å². The molecule has 0 spiro atoms. The third-order valence-electron chi connectivity index (χ3n) is 4.94. The van der Waals surface area contributed by atoms with Crippen LogP contribution >= 0.6 is 0 Å². The van der Waals surface area contributed by atoms with Gasteiger partial charge in [0.2, 0.25) is 6.79 Å². The second-order valence-corrected chi connectivity index (χ2v) is 8.46. The number of aromatic hydroxyl groups is 1. The Morgan fingerprint density at radius 3 is 2.59 bits per heavy atom. The highest BCUT2D eigenvalue weighted by molar-refractivity contribution is 7.85. The smallest absolute Gasteiger partial charge is 0.326 e. The Balaban J connectivity index is 1.78. The van der Waals surface area contributed by atoms with Crippen LogP contribution in [-0.4, -0.2) is 48.2 Å². The van der Waals surface area contributed by atoms with Gasteiger partial charge >= 0.3 is 6.03 Å². The monoisotopic (exact) mass is 420 g/mol. The predicted octanol–water partition coefficient (Wildman–Crippen LogP) is 2.65. The summed E-state index contributed by atoms with van der Waals surface area (Å²) in [5.41, 5.74) is 1.93. The Labute approximate surface area is 167 Å². The van der Waals surface area contributed by atoms with Gasteiger partial charge in [-0.25, -0.2) is 4.79 Å². The standard InChI is InChI=1S/C19H20N2O7S/c1-12-3-2-4-13(7-12)21-15(5-6-20(19(21)23)10-29(24,25)26)14-8-17-18(9-16(14)22)28-11-27-17/h2-4,7-9,15,22H,5-6,10-11H2,1H3,(H,24,25,26). The molecule has 2 aliphatic heterocycles. The maximum Gasteiger partial charge on any atom is 0.326 e. The molecular formula is C19H20N2O7S. The molecule has 1 unspecified atom stereocenters. The largest absolute Gasteiger partial charge is 0.507 e. The van der Waals surface area contributed by atoms with Gasteiger partial charge in [-0.15, -0.1) is 0 Å². The zero-order chi connectivity index (χ0) is 20.8. The van der Waals surface area contributed by atoms with E-state index in [1.165, 1.54) is 11.0 Å². The molecule has 1 saturated heterocycles. The molecule has 4 rings (SSSR count). The third kappa shape index (κ3) is 3.81. The van der Waals surface area contributed by atoms with E-state index in [0.29, 0.717) is 29.2 Å². The summed E-state index contributed by atoms with van der Waals surface area (Å²) in [6.45, 7) is 2.02. The minimum atomic E-state index is -4.38. The third-order valence-corrected chi connectivity index (χ3v) is 5.58. The fourth-order valence-electron chi connectivity index (χ4n) is 3.68. The van der Waals surface area contributed by atoms with E-state index in [-0.39, 0.29) is 19.1 Å². The van der Waals surface area contributed by atoms with Crippen LogP contribution in [0, 0.1) is 6.92 Å². The van der Waals surface area contributed by atoms with Crippen LogP contribution in [0.1, 0.15) is 23.6 Å². The summed E-state index contributed by atoms with van der Waals surface area (Å²) >= 11 is 0. The predicted molar refractivity (Wildman–Crippen MR) is 104 cm³/mol. The highest BCUT2D eigenvalue weighted by Crippen LogP contribution is 2.44. The summed E-state index contributed by atoms with van der Waals surface area (Å²) in [5.74, 6) is 0.0415. The molecular weight excluding hydrogens is 400 g/mol. The molecule has 29 heavy (non-hydrogen) atoms. The number of phenolic OH excluding ortho intramolecular Hbond substituents is 1. The number of hydrogen-bond acceptors (Lipinski definition) is 6. The number of benzene rings is 2. The van der Waals surface area contributed by atoms with Crippen molar-refractivity contribution in [1.82, 2.24) is 4.90 Å². The van der Waals surface area contributed by atoms with Gasteiger partial charge in [-0.2, -0.15) is 8.42 Å². The lowest BCUT2D eigenvalue weighted by Crippen LogP contribution is -2.52. The topological polar surface area (TPSA) is 117 Å². The first-order valence-electron chi connectivity index (χ1n) is 8.95. The molecule has 2 heterocycles. The second-order valence-electron chi connectivity index (χ2n) is 7.03. The Hall–Kier alpha value is -2.98. The molecule has 2 aromatic carbocycles. The number of urea groups is 1. The SMILES string of the molecule is Cc1cccc(N2C(=O)N(CS(=O)(=O)O)CCC2c2cc3c(cc2O)OCO3)c1. The van der Waals surface area contributed by atoms with Crippen molar-refractivity contribution in [2.24, 2.45) is 0 Å². The molecule has 0 radical (unpaired) electrons. The van der Waals surface area contributed by atoms with Gasteiger partial charge in [-0.1, -0.05) is 12.1 Å². The van der Waals surface area contributed by atoms with E-state index >= 15 is 0 Å². The zero-order valence-corrected chi connectivity index (χ0v) is 16.4. The highest BCUT2D eigenvalue weighted by Gasteiger charge is 2.38. The van der Waals surface area contributed by atoms with Crippen LogP contribution in [0.4, 0.5) is 10.5 Å². The molecule has 1 fully saturated rings. The molecule has 2 aromatic rings. The lowest BCUT2D eigenvalue weighted by molar-refractivity contribution is 0.173. The minimum absolute atomic E-state index is 0.0472. The Bertz CT molecular complexity index is 1070. The first-order valence-corrected chi connectivity index (χ1v) is 10.6. The van der Waals surface area contributed by atoms with Crippen molar-refractivity contribution in [3.05, 3.63) is 47.5 Å².